The van der Waals surface area contributed by atoms with Crippen LogP contribution in [0.3, 0.4) is 0 Å². The van der Waals surface area contributed by atoms with Gasteiger partial charge in [-0.05, 0) is 32.1 Å². The van der Waals surface area contributed by atoms with E-state index in [1.807, 2.05) is 0 Å². The van der Waals surface area contributed by atoms with Crippen molar-refractivity contribution >= 4 is 42.6 Å². The maximum Gasteiger partial charge on any atom is 0.328 e. The Bertz CT molecular complexity index is 869. The molecule has 1 aliphatic rings. The van der Waals surface area contributed by atoms with Crippen LogP contribution < -0.4 is 11.1 Å². The lowest BCUT2D eigenvalue weighted by Gasteiger charge is -2.25. The summed E-state index contributed by atoms with van der Waals surface area (Å²) in [5.41, 5.74) is 6.87. The molecule has 2 amide bonds. The summed E-state index contributed by atoms with van der Waals surface area (Å²) in [5, 5.41) is 3.00. The van der Waals surface area contributed by atoms with Gasteiger partial charge in [-0.1, -0.05) is 70.4 Å². The zero-order valence-corrected chi connectivity index (χ0v) is 26.6. The number of aromatic nitrogens is 2. The van der Waals surface area contributed by atoms with Gasteiger partial charge in [0.2, 0.25) is 11.8 Å². The number of H-pyrrole nitrogens is 1. The predicted molar refractivity (Wildman–Crippen MR) is 168 cm³/mol. The Morgan fingerprint density at radius 3 is 2.24 bits per heavy atom. The fourth-order valence-electron chi connectivity index (χ4n) is 5.13. The summed E-state index contributed by atoms with van der Waals surface area (Å²) in [6, 6.07) is -1.86. The number of hydrogen-bond donors (Lipinski definition) is 3. The van der Waals surface area contributed by atoms with Gasteiger partial charge in [0.25, 0.3) is 0 Å². The molecule has 41 heavy (non-hydrogen) atoms. The summed E-state index contributed by atoms with van der Waals surface area (Å²) < 4.78 is 4.91. The highest BCUT2D eigenvalue weighted by molar-refractivity contribution is 5.88. The first-order valence-corrected chi connectivity index (χ1v) is 15.0. The quantitative estimate of drug-likeness (QED) is 0.102. The Morgan fingerprint density at radius 1 is 1.05 bits per heavy atom. The summed E-state index contributed by atoms with van der Waals surface area (Å²) in [7, 11) is 1.30. The molecule has 4 N–H and O–H groups in total. The summed E-state index contributed by atoms with van der Waals surface area (Å²) in [5.74, 6) is -0.877. The van der Waals surface area contributed by atoms with E-state index in [4.69, 9.17) is 10.5 Å². The molecule has 0 aromatic carbocycles. The number of ether oxygens (including phenoxy) is 1. The normalized spacial score (nSPS) is 17.1. The van der Waals surface area contributed by atoms with Crippen LogP contribution in [-0.2, 0) is 25.5 Å². The second-order valence-corrected chi connectivity index (χ2v) is 10.8. The third-order valence-corrected chi connectivity index (χ3v) is 7.40. The Morgan fingerprint density at radius 2 is 1.66 bits per heavy atom. The molecule has 2 rings (SSSR count). The standard InChI is InChI=1S/C30H51N5O4.2ClH/c1-3-4-5-6-7-8-9-10-11-12-13-14-15-16-17-18-28(36)34-25-20-27(30(38)39-2)35(22-25)29(37)26(31)19-24-21-32-23-33-24;;/h10-11,21,23,25-27H,3-9,12-20,22,31H2,1-2H3,(H,32,33)(H,34,36);2*1H/b11-10-;;/t25-,26?,27-;;/m0../s1. The zero-order chi connectivity index (χ0) is 28.3. The number of allylic oxidation sites excluding steroid dienone is 2. The Balaban J connectivity index is 0.00000800. The number of rotatable bonds is 20. The molecular formula is C30H53Cl2N5O4. The van der Waals surface area contributed by atoms with Crippen LogP contribution in [0.4, 0.5) is 0 Å². The number of methoxy groups -OCH3 is 1. The van der Waals surface area contributed by atoms with E-state index in [0.29, 0.717) is 12.8 Å². The van der Waals surface area contributed by atoms with Crippen molar-refractivity contribution < 1.29 is 19.1 Å². The third kappa shape index (κ3) is 15.6. The van der Waals surface area contributed by atoms with Crippen molar-refractivity contribution in [3.63, 3.8) is 0 Å². The highest BCUT2D eigenvalue weighted by Gasteiger charge is 2.42. The molecule has 3 atom stereocenters. The molecule has 0 bridgehead atoms. The van der Waals surface area contributed by atoms with Crippen molar-refractivity contribution in [2.24, 2.45) is 5.73 Å². The molecule has 1 aromatic heterocycles. The summed E-state index contributed by atoms with van der Waals surface area (Å²) in [4.78, 5) is 46.2. The highest BCUT2D eigenvalue weighted by atomic mass is 35.5. The SMILES string of the molecule is CCCCCCCC/C=C\CCCCCCCC(=O)N[C@H]1C[C@@H](C(=O)OC)N(C(=O)C(N)Cc2cnc[nH]2)C1.Cl.Cl. The second-order valence-electron chi connectivity index (χ2n) is 10.8. The number of likely N-dealkylation sites (tertiary alicyclic amines) is 1. The van der Waals surface area contributed by atoms with E-state index in [1.54, 1.807) is 6.20 Å². The fourth-order valence-corrected chi connectivity index (χ4v) is 5.13. The molecule has 1 aromatic rings. The number of carbonyl (C=O) groups excluding carboxylic acids is 3. The van der Waals surface area contributed by atoms with Gasteiger partial charge in [0.1, 0.15) is 6.04 Å². The van der Waals surface area contributed by atoms with E-state index < -0.39 is 18.1 Å². The second kappa shape index (κ2) is 23.5. The van der Waals surface area contributed by atoms with Gasteiger partial charge in [-0.25, -0.2) is 9.78 Å². The number of nitrogens with two attached hydrogens (primary N) is 1. The smallest absolute Gasteiger partial charge is 0.328 e. The number of nitrogens with zero attached hydrogens (tertiary/aromatic N) is 2. The van der Waals surface area contributed by atoms with E-state index in [9.17, 15) is 14.4 Å². The van der Waals surface area contributed by atoms with E-state index >= 15 is 0 Å². The van der Waals surface area contributed by atoms with Gasteiger partial charge >= 0.3 is 5.97 Å². The lowest BCUT2D eigenvalue weighted by atomic mass is 10.1. The Hall–Kier alpha value is -2.10. The van der Waals surface area contributed by atoms with Gasteiger partial charge in [0, 0.05) is 43.7 Å². The molecule has 1 saturated heterocycles. The van der Waals surface area contributed by atoms with Crippen LogP contribution in [0.1, 0.15) is 109 Å². The molecule has 9 nitrogen and oxygen atoms in total. The maximum absolute atomic E-state index is 13.0. The minimum Gasteiger partial charge on any atom is -0.467 e. The number of esters is 1. The molecule has 1 fully saturated rings. The minimum atomic E-state index is -0.817. The zero-order valence-electron chi connectivity index (χ0n) is 25.0. The largest absolute Gasteiger partial charge is 0.467 e. The average molecular weight is 619 g/mol. The molecule has 1 unspecified atom stereocenters. The van der Waals surface area contributed by atoms with Crippen molar-refractivity contribution in [1.82, 2.24) is 20.2 Å². The lowest BCUT2D eigenvalue weighted by Crippen LogP contribution is -2.50. The number of halogens is 2. The van der Waals surface area contributed by atoms with Crippen LogP contribution in [0.25, 0.3) is 0 Å². The van der Waals surface area contributed by atoms with E-state index in [-0.39, 0.29) is 55.6 Å². The number of hydrogen-bond acceptors (Lipinski definition) is 6. The van der Waals surface area contributed by atoms with E-state index in [2.05, 4.69) is 34.4 Å². The highest BCUT2D eigenvalue weighted by Crippen LogP contribution is 2.21. The van der Waals surface area contributed by atoms with E-state index in [1.165, 1.54) is 76.1 Å². The monoisotopic (exact) mass is 617 g/mol. The summed E-state index contributed by atoms with van der Waals surface area (Å²) in [6.07, 6.45) is 24.6. The van der Waals surface area contributed by atoms with Gasteiger partial charge in [0.15, 0.2) is 0 Å². The summed E-state index contributed by atoms with van der Waals surface area (Å²) in [6.45, 7) is 2.50. The number of aromatic amines is 1. The Kier molecular flexibility index (Phi) is 22.3. The van der Waals surface area contributed by atoms with Gasteiger partial charge in [-0.2, -0.15) is 0 Å². The van der Waals surface area contributed by atoms with Crippen molar-refractivity contribution in [3.8, 4) is 0 Å². The number of carbonyl (C=O) groups is 3. The maximum atomic E-state index is 13.0. The average Bonchev–Trinajstić information content (AvgIpc) is 3.60. The first kappa shape index (κ1) is 38.9. The molecule has 0 radical (unpaired) electrons. The van der Waals surface area contributed by atoms with Gasteiger partial charge in [-0.15, -0.1) is 24.8 Å². The van der Waals surface area contributed by atoms with Gasteiger partial charge in [0.05, 0.1) is 19.5 Å². The van der Waals surface area contributed by atoms with Crippen molar-refractivity contribution in [2.45, 2.75) is 128 Å². The molecular weight excluding hydrogens is 565 g/mol. The molecule has 1 aliphatic heterocycles. The number of imidazole rings is 1. The third-order valence-electron chi connectivity index (χ3n) is 7.40. The fraction of sp³-hybridized carbons (Fsp3) is 0.733. The molecule has 0 aliphatic carbocycles. The molecule has 0 saturated carbocycles. The van der Waals surface area contributed by atoms with Gasteiger partial charge < -0.3 is 25.7 Å². The van der Waals surface area contributed by atoms with Crippen LogP contribution in [0, 0.1) is 0 Å². The van der Waals surface area contributed by atoms with E-state index in [0.717, 1.165) is 31.4 Å². The molecule has 0 spiro atoms. The summed E-state index contributed by atoms with van der Waals surface area (Å²) >= 11 is 0. The van der Waals surface area contributed by atoms with Crippen molar-refractivity contribution in [3.05, 3.63) is 30.4 Å². The van der Waals surface area contributed by atoms with Crippen LogP contribution in [0.5, 0.6) is 0 Å². The lowest BCUT2D eigenvalue weighted by molar-refractivity contribution is -0.151. The van der Waals surface area contributed by atoms with Gasteiger partial charge in [-0.3, -0.25) is 9.59 Å². The first-order valence-electron chi connectivity index (χ1n) is 15.0. The molecule has 11 heteroatoms. The van der Waals surface area contributed by atoms with Crippen LogP contribution in [0.15, 0.2) is 24.7 Å². The Labute approximate surface area is 259 Å². The minimum absolute atomic E-state index is 0. The topological polar surface area (TPSA) is 130 Å². The number of unbranched alkanes of at least 4 members (excludes halogenated alkanes) is 11. The van der Waals surface area contributed by atoms with Crippen molar-refractivity contribution in [1.29, 1.82) is 0 Å². The predicted octanol–water partition coefficient (Wildman–Crippen LogP) is 5.42. The first-order chi connectivity index (χ1) is 19.0. The van der Waals surface area contributed by atoms with Crippen molar-refractivity contribution in [2.75, 3.05) is 13.7 Å². The molecule has 2 heterocycles. The van der Waals surface area contributed by atoms with Crippen LogP contribution in [-0.4, -0.2) is 64.4 Å². The van der Waals surface area contributed by atoms with Crippen LogP contribution >= 0.6 is 24.8 Å². The molecule has 236 valence electrons. The number of amides is 2. The number of nitrogens with one attached hydrogen (secondary N) is 2. The van der Waals surface area contributed by atoms with Crippen LogP contribution in [0.2, 0.25) is 0 Å².